The van der Waals surface area contributed by atoms with Crippen LogP contribution >= 0.6 is 27.3 Å². The number of anilines is 1. The van der Waals surface area contributed by atoms with Crippen LogP contribution in [-0.4, -0.2) is 6.61 Å². The van der Waals surface area contributed by atoms with E-state index in [0.29, 0.717) is 6.61 Å². The monoisotopic (exact) mass is 271 g/mol. The normalized spacial score (nSPS) is 10.7. The van der Waals surface area contributed by atoms with E-state index in [1.165, 1.54) is 0 Å². The van der Waals surface area contributed by atoms with Gasteiger partial charge in [0.15, 0.2) is 0 Å². The fourth-order valence-corrected chi connectivity index (χ4v) is 2.89. The summed E-state index contributed by atoms with van der Waals surface area (Å²) in [7, 11) is 0. The first-order chi connectivity index (χ1) is 6.74. The van der Waals surface area contributed by atoms with Gasteiger partial charge in [-0.3, -0.25) is 0 Å². The minimum atomic E-state index is 0.647. The summed E-state index contributed by atoms with van der Waals surface area (Å²) in [5, 5.41) is 3.15. The summed E-state index contributed by atoms with van der Waals surface area (Å²) in [4.78, 5) is 0. The van der Waals surface area contributed by atoms with E-state index in [2.05, 4.69) is 15.9 Å². The summed E-state index contributed by atoms with van der Waals surface area (Å²) in [6.07, 6.45) is 0. The molecular weight excluding hydrogens is 262 g/mol. The summed E-state index contributed by atoms with van der Waals surface area (Å²) in [5.41, 5.74) is 6.69. The quantitative estimate of drug-likeness (QED) is 0.847. The van der Waals surface area contributed by atoms with Crippen molar-refractivity contribution in [2.24, 2.45) is 0 Å². The van der Waals surface area contributed by atoms with Gasteiger partial charge in [0.05, 0.1) is 21.5 Å². The van der Waals surface area contributed by atoms with Crippen LogP contribution in [0.5, 0.6) is 5.75 Å². The maximum absolute atomic E-state index is 5.91. The molecule has 4 heteroatoms. The van der Waals surface area contributed by atoms with E-state index in [0.717, 1.165) is 26.0 Å². The predicted octanol–water partition coefficient (Wildman–Crippen LogP) is 3.64. The van der Waals surface area contributed by atoms with Crippen LogP contribution in [0.1, 0.15) is 6.92 Å². The molecule has 0 saturated carbocycles. The molecule has 0 fully saturated rings. The average molecular weight is 272 g/mol. The van der Waals surface area contributed by atoms with Gasteiger partial charge in [0, 0.05) is 11.5 Å². The highest BCUT2D eigenvalue weighted by molar-refractivity contribution is 9.10. The topological polar surface area (TPSA) is 35.2 Å². The van der Waals surface area contributed by atoms with Crippen LogP contribution in [0, 0.1) is 0 Å². The number of hydrogen-bond donors (Lipinski definition) is 1. The molecule has 1 aromatic carbocycles. The number of hydrogen-bond acceptors (Lipinski definition) is 3. The minimum absolute atomic E-state index is 0.647. The highest BCUT2D eigenvalue weighted by atomic mass is 79.9. The van der Waals surface area contributed by atoms with Crippen LogP contribution in [0.3, 0.4) is 0 Å². The molecule has 0 radical (unpaired) electrons. The Bertz CT molecular complexity index is 466. The molecule has 0 aliphatic heterocycles. The SMILES string of the molecule is CCOc1cc(N)c2sccc2c1Br. The van der Waals surface area contributed by atoms with Crippen molar-refractivity contribution in [1.29, 1.82) is 0 Å². The molecule has 74 valence electrons. The van der Waals surface area contributed by atoms with Crippen LogP contribution in [0.2, 0.25) is 0 Å². The number of halogens is 1. The summed E-state index contributed by atoms with van der Waals surface area (Å²) in [6, 6.07) is 3.91. The van der Waals surface area contributed by atoms with E-state index in [4.69, 9.17) is 10.5 Å². The molecule has 2 nitrogen and oxygen atoms in total. The molecule has 0 atom stereocenters. The van der Waals surface area contributed by atoms with E-state index in [-0.39, 0.29) is 0 Å². The molecule has 0 amide bonds. The van der Waals surface area contributed by atoms with Crippen LogP contribution in [0.15, 0.2) is 22.0 Å². The Balaban J connectivity index is 2.68. The fraction of sp³-hybridized carbons (Fsp3) is 0.200. The Labute approximate surface area is 94.8 Å². The number of nitrogen functional groups attached to an aromatic ring is 1. The van der Waals surface area contributed by atoms with Crippen molar-refractivity contribution in [1.82, 2.24) is 0 Å². The van der Waals surface area contributed by atoms with Gasteiger partial charge in [-0.05, 0) is 34.3 Å². The maximum Gasteiger partial charge on any atom is 0.136 e. The summed E-state index contributed by atoms with van der Waals surface area (Å²) in [6.45, 7) is 2.61. The third-order valence-electron chi connectivity index (χ3n) is 1.97. The smallest absolute Gasteiger partial charge is 0.136 e. The lowest BCUT2D eigenvalue weighted by Gasteiger charge is -2.08. The number of fused-ring (bicyclic) bond motifs is 1. The lowest BCUT2D eigenvalue weighted by atomic mass is 10.2. The van der Waals surface area contributed by atoms with Gasteiger partial charge in [-0.15, -0.1) is 11.3 Å². The molecule has 2 aromatic rings. The fourth-order valence-electron chi connectivity index (χ4n) is 1.37. The zero-order valence-electron chi connectivity index (χ0n) is 7.71. The van der Waals surface area contributed by atoms with Gasteiger partial charge in [-0.2, -0.15) is 0 Å². The average Bonchev–Trinajstić information content (AvgIpc) is 2.63. The molecule has 2 N–H and O–H groups in total. The molecule has 0 spiro atoms. The van der Waals surface area contributed by atoms with Gasteiger partial charge in [0.2, 0.25) is 0 Å². The molecule has 0 bridgehead atoms. The van der Waals surface area contributed by atoms with Crippen LogP contribution < -0.4 is 10.5 Å². The largest absolute Gasteiger partial charge is 0.493 e. The first kappa shape index (κ1) is 9.80. The van der Waals surface area contributed by atoms with Gasteiger partial charge in [-0.25, -0.2) is 0 Å². The van der Waals surface area contributed by atoms with Gasteiger partial charge < -0.3 is 10.5 Å². The van der Waals surface area contributed by atoms with E-state index in [1.807, 2.05) is 24.4 Å². The van der Waals surface area contributed by atoms with Crippen LogP contribution in [0.4, 0.5) is 5.69 Å². The van der Waals surface area contributed by atoms with Crippen LogP contribution in [0.25, 0.3) is 10.1 Å². The number of thiophene rings is 1. The van der Waals surface area contributed by atoms with Gasteiger partial charge in [-0.1, -0.05) is 0 Å². The van der Waals surface area contributed by atoms with Crippen molar-refractivity contribution in [3.8, 4) is 5.75 Å². The zero-order chi connectivity index (χ0) is 10.1. The second-order valence-corrected chi connectivity index (χ2v) is 4.58. The molecule has 2 rings (SSSR count). The lowest BCUT2D eigenvalue weighted by Crippen LogP contribution is -1.94. The third kappa shape index (κ3) is 1.48. The van der Waals surface area contributed by atoms with Crippen LogP contribution in [-0.2, 0) is 0 Å². The highest BCUT2D eigenvalue weighted by Crippen LogP contribution is 2.39. The summed E-state index contributed by atoms with van der Waals surface area (Å²) < 4.78 is 7.57. The standard InChI is InChI=1S/C10H10BrNOS/c1-2-13-8-5-7(12)10-6(9(8)11)3-4-14-10/h3-5H,2,12H2,1H3. The Morgan fingerprint density at radius 2 is 2.36 bits per heavy atom. The predicted molar refractivity (Wildman–Crippen MR) is 65.1 cm³/mol. The molecule has 1 aromatic heterocycles. The molecule has 0 saturated heterocycles. The van der Waals surface area contributed by atoms with Crippen molar-refractivity contribution >= 4 is 43.0 Å². The van der Waals surface area contributed by atoms with Crippen molar-refractivity contribution < 1.29 is 4.74 Å². The Morgan fingerprint density at radius 1 is 1.57 bits per heavy atom. The van der Waals surface area contributed by atoms with Gasteiger partial charge in [0.1, 0.15) is 5.75 Å². The van der Waals surface area contributed by atoms with Gasteiger partial charge in [0.25, 0.3) is 0 Å². The lowest BCUT2D eigenvalue weighted by molar-refractivity contribution is 0.339. The number of nitrogens with two attached hydrogens (primary N) is 1. The van der Waals surface area contributed by atoms with Gasteiger partial charge >= 0.3 is 0 Å². The van der Waals surface area contributed by atoms with E-state index < -0.39 is 0 Å². The highest BCUT2D eigenvalue weighted by Gasteiger charge is 2.09. The first-order valence-corrected chi connectivity index (χ1v) is 5.99. The van der Waals surface area contributed by atoms with E-state index in [9.17, 15) is 0 Å². The molecule has 1 heterocycles. The van der Waals surface area contributed by atoms with E-state index >= 15 is 0 Å². The first-order valence-electron chi connectivity index (χ1n) is 4.32. The molecule has 0 unspecified atom stereocenters. The van der Waals surface area contributed by atoms with Crippen molar-refractivity contribution in [3.05, 3.63) is 22.0 Å². The second-order valence-electron chi connectivity index (χ2n) is 2.87. The molecule has 0 aliphatic carbocycles. The van der Waals surface area contributed by atoms with Crippen molar-refractivity contribution in [3.63, 3.8) is 0 Å². The Hall–Kier alpha value is -0.740. The molecule has 14 heavy (non-hydrogen) atoms. The zero-order valence-corrected chi connectivity index (χ0v) is 10.1. The summed E-state index contributed by atoms with van der Waals surface area (Å²) >= 11 is 5.17. The Kier molecular flexibility index (Phi) is 2.65. The Morgan fingerprint density at radius 3 is 3.07 bits per heavy atom. The molecule has 0 aliphatic rings. The number of ether oxygens (including phenoxy) is 1. The second kappa shape index (κ2) is 3.79. The maximum atomic E-state index is 5.91. The molecular formula is C10H10BrNOS. The van der Waals surface area contributed by atoms with Crippen molar-refractivity contribution in [2.45, 2.75) is 6.92 Å². The minimum Gasteiger partial charge on any atom is -0.493 e. The van der Waals surface area contributed by atoms with E-state index in [1.54, 1.807) is 11.3 Å². The number of benzene rings is 1. The summed E-state index contributed by atoms with van der Waals surface area (Å²) in [5.74, 6) is 0.816. The van der Waals surface area contributed by atoms with Crippen molar-refractivity contribution in [2.75, 3.05) is 12.3 Å². The third-order valence-corrected chi connectivity index (χ3v) is 3.75. The number of rotatable bonds is 2.